The normalized spacial score (nSPS) is 20.3. The molecule has 3 rings (SSSR count). The second-order valence-electron chi connectivity index (χ2n) is 7.33. The van der Waals surface area contributed by atoms with Crippen LogP contribution in [0, 0.1) is 5.92 Å². The zero-order chi connectivity index (χ0) is 18.4. The number of carbonyl (C=O) groups excluding carboxylic acids is 2. The minimum atomic E-state index is 0.0381. The molecule has 26 heavy (non-hydrogen) atoms. The highest BCUT2D eigenvalue weighted by atomic mass is 16.2. The summed E-state index contributed by atoms with van der Waals surface area (Å²) in [5, 5.41) is 0. The van der Waals surface area contributed by atoms with Crippen LogP contribution in [0.3, 0.4) is 0 Å². The smallest absolute Gasteiger partial charge is 0.246 e. The van der Waals surface area contributed by atoms with E-state index in [1.807, 2.05) is 46.2 Å². The van der Waals surface area contributed by atoms with Crippen LogP contribution in [-0.4, -0.2) is 72.8 Å². The Labute approximate surface area is 156 Å². The van der Waals surface area contributed by atoms with Gasteiger partial charge in [0, 0.05) is 44.7 Å². The maximum absolute atomic E-state index is 12.8. The van der Waals surface area contributed by atoms with Crippen LogP contribution in [-0.2, 0) is 9.59 Å². The number of likely N-dealkylation sites (tertiary alicyclic amines) is 1. The van der Waals surface area contributed by atoms with Crippen molar-refractivity contribution in [2.24, 2.45) is 5.92 Å². The summed E-state index contributed by atoms with van der Waals surface area (Å²) in [6.45, 7) is 5.04. The summed E-state index contributed by atoms with van der Waals surface area (Å²) >= 11 is 0. The molecule has 0 spiro atoms. The fourth-order valence-electron chi connectivity index (χ4n) is 3.71. The summed E-state index contributed by atoms with van der Waals surface area (Å²) in [7, 11) is 2.11. The quantitative estimate of drug-likeness (QED) is 0.780. The summed E-state index contributed by atoms with van der Waals surface area (Å²) < 4.78 is 0. The number of hydrogen-bond donors (Lipinski definition) is 0. The number of benzene rings is 1. The number of nitrogens with zero attached hydrogens (tertiary/aromatic N) is 3. The van der Waals surface area contributed by atoms with E-state index in [-0.39, 0.29) is 17.7 Å². The van der Waals surface area contributed by atoms with Crippen molar-refractivity contribution in [3.05, 3.63) is 42.0 Å². The second kappa shape index (κ2) is 8.99. The fraction of sp³-hybridized carbons (Fsp3) is 0.524. The number of carbonyl (C=O) groups is 2. The highest BCUT2D eigenvalue weighted by Crippen LogP contribution is 2.21. The molecule has 0 saturated carbocycles. The Morgan fingerprint density at radius 2 is 1.65 bits per heavy atom. The lowest BCUT2D eigenvalue weighted by Crippen LogP contribution is -2.45. The molecule has 5 nitrogen and oxygen atoms in total. The van der Waals surface area contributed by atoms with Gasteiger partial charge in [0.1, 0.15) is 0 Å². The maximum atomic E-state index is 12.8. The molecule has 1 aromatic rings. The molecule has 0 aliphatic carbocycles. The van der Waals surface area contributed by atoms with Gasteiger partial charge in [0.25, 0.3) is 0 Å². The molecule has 2 aliphatic rings. The molecule has 0 radical (unpaired) electrons. The first-order valence-corrected chi connectivity index (χ1v) is 9.63. The summed E-state index contributed by atoms with van der Waals surface area (Å²) in [6, 6.07) is 9.84. The van der Waals surface area contributed by atoms with E-state index in [1.54, 1.807) is 6.08 Å². The van der Waals surface area contributed by atoms with Crippen molar-refractivity contribution in [3.8, 4) is 0 Å². The molecule has 0 aromatic heterocycles. The van der Waals surface area contributed by atoms with E-state index in [0.717, 1.165) is 51.0 Å². The van der Waals surface area contributed by atoms with Gasteiger partial charge in [0.2, 0.25) is 11.8 Å². The Balaban J connectivity index is 1.48. The predicted octanol–water partition coefficient (Wildman–Crippen LogP) is 2.10. The van der Waals surface area contributed by atoms with Gasteiger partial charge in [-0.1, -0.05) is 30.3 Å². The topological polar surface area (TPSA) is 43.9 Å². The first-order chi connectivity index (χ1) is 12.6. The van der Waals surface area contributed by atoms with Crippen LogP contribution in [0.2, 0.25) is 0 Å². The molecular formula is C21H29N3O2. The molecule has 1 aromatic carbocycles. The van der Waals surface area contributed by atoms with Crippen molar-refractivity contribution in [2.75, 3.05) is 46.3 Å². The Kier molecular flexibility index (Phi) is 6.45. The molecular weight excluding hydrogens is 326 g/mol. The second-order valence-corrected chi connectivity index (χ2v) is 7.33. The number of piperidine rings is 1. The molecule has 0 N–H and O–H groups in total. The first kappa shape index (κ1) is 18.6. The zero-order valence-electron chi connectivity index (χ0n) is 15.6. The summed E-state index contributed by atoms with van der Waals surface area (Å²) in [4.78, 5) is 31.3. The van der Waals surface area contributed by atoms with Crippen LogP contribution in [0.25, 0.3) is 6.08 Å². The Morgan fingerprint density at radius 3 is 2.38 bits per heavy atom. The molecule has 0 unspecified atom stereocenters. The standard InChI is InChI=1S/C21H29N3O2/c1-22-12-5-13-24(17-16-22)21(26)19-10-14-23(15-11-19)20(25)9-8-18-6-3-2-4-7-18/h2-4,6-9,19H,5,10-17H2,1H3/b9-8+. The number of amides is 2. The van der Waals surface area contributed by atoms with Crippen molar-refractivity contribution in [3.63, 3.8) is 0 Å². The Morgan fingerprint density at radius 1 is 0.923 bits per heavy atom. The van der Waals surface area contributed by atoms with E-state index in [9.17, 15) is 9.59 Å². The first-order valence-electron chi connectivity index (χ1n) is 9.63. The third-order valence-electron chi connectivity index (χ3n) is 5.40. The van der Waals surface area contributed by atoms with Crippen LogP contribution in [0.1, 0.15) is 24.8 Å². The van der Waals surface area contributed by atoms with Crippen molar-refractivity contribution >= 4 is 17.9 Å². The number of likely N-dealkylation sites (N-methyl/N-ethyl adjacent to an activating group) is 1. The molecule has 0 bridgehead atoms. The van der Waals surface area contributed by atoms with E-state index in [1.165, 1.54) is 0 Å². The van der Waals surface area contributed by atoms with E-state index >= 15 is 0 Å². The van der Waals surface area contributed by atoms with Gasteiger partial charge in [-0.15, -0.1) is 0 Å². The van der Waals surface area contributed by atoms with Crippen molar-refractivity contribution in [1.29, 1.82) is 0 Å². The molecule has 2 heterocycles. The fourth-order valence-corrected chi connectivity index (χ4v) is 3.71. The minimum absolute atomic E-state index is 0.0381. The van der Waals surface area contributed by atoms with Crippen LogP contribution in [0.15, 0.2) is 36.4 Å². The van der Waals surface area contributed by atoms with Gasteiger partial charge >= 0.3 is 0 Å². The van der Waals surface area contributed by atoms with Crippen molar-refractivity contribution in [1.82, 2.24) is 14.7 Å². The molecule has 2 saturated heterocycles. The number of rotatable bonds is 3. The molecule has 2 fully saturated rings. The largest absolute Gasteiger partial charge is 0.341 e. The highest BCUT2D eigenvalue weighted by Gasteiger charge is 2.30. The van der Waals surface area contributed by atoms with Gasteiger partial charge in [-0.3, -0.25) is 9.59 Å². The van der Waals surface area contributed by atoms with Crippen molar-refractivity contribution in [2.45, 2.75) is 19.3 Å². The summed E-state index contributed by atoms with van der Waals surface area (Å²) in [5.41, 5.74) is 1.03. The Hall–Kier alpha value is -2.14. The number of hydrogen-bond acceptors (Lipinski definition) is 3. The van der Waals surface area contributed by atoms with Crippen LogP contribution in [0.5, 0.6) is 0 Å². The van der Waals surface area contributed by atoms with Crippen LogP contribution >= 0.6 is 0 Å². The van der Waals surface area contributed by atoms with E-state index in [4.69, 9.17) is 0 Å². The monoisotopic (exact) mass is 355 g/mol. The summed E-state index contributed by atoms with van der Waals surface area (Å²) in [6.07, 6.45) is 6.09. The third kappa shape index (κ3) is 4.94. The van der Waals surface area contributed by atoms with Crippen molar-refractivity contribution < 1.29 is 9.59 Å². The molecule has 2 aliphatic heterocycles. The third-order valence-corrected chi connectivity index (χ3v) is 5.40. The SMILES string of the molecule is CN1CCCN(C(=O)C2CCN(C(=O)/C=C/c3ccccc3)CC2)CC1. The average Bonchev–Trinajstić information content (AvgIpc) is 2.91. The van der Waals surface area contributed by atoms with E-state index in [0.29, 0.717) is 13.1 Å². The highest BCUT2D eigenvalue weighted by molar-refractivity contribution is 5.92. The van der Waals surface area contributed by atoms with E-state index in [2.05, 4.69) is 11.9 Å². The summed E-state index contributed by atoms with van der Waals surface area (Å²) in [5.74, 6) is 0.393. The van der Waals surface area contributed by atoms with Gasteiger partial charge in [-0.25, -0.2) is 0 Å². The van der Waals surface area contributed by atoms with E-state index < -0.39 is 0 Å². The molecule has 140 valence electrons. The predicted molar refractivity (Wildman–Crippen MR) is 103 cm³/mol. The molecule has 2 amide bonds. The maximum Gasteiger partial charge on any atom is 0.246 e. The van der Waals surface area contributed by atoms with Crippen LogP contribution in [0.4, 0.5) is 0 Å². The van der Waals surface area contributed by atoms with Gasteiger partial charge in [-0.2, -0.15) is 0 Å². The lowest BCUT2D eigenvalue weighted by molar-refractivity contribution is -0.139. The van der Waals surface area contributed by atoms with Gasteiger partial charge < -0.3 is 14.7 Å². The lowest BCUT2D eigenvalue weighted by Gasteiger charge is -2.33. The van der Waals surface area contributed by atoms with Gasteiger partial charge in [0.05, 0.1) is 0 Å². The minimum Gasteiger partial charge on any atom is -0.341 e. The van der Waals surface area contributed by atoms with Gasteiger partial charge in [0.15, 0.2) is 0 Å². The average molecular weight is 355 g/mol. The molecule has 0 atom stereocenters. The Bertz CT molecular complexity index is 636. The van der Waals surface area contributed by atoms with Gasteiger partial charge in [-0.05, 0) is 44.5 Å². The molecule has 5 heteroatoms. The van der Waals surface area contributed by atoms with Crippen LogP contribution < -0.4 is 0 Å². The lowest BCUT2D eigenvalue weighted by atomic mass is 9.95. The zero-order valence-corrected chi connectivity index (χ0v) is 15.6.